The second kappa shape index (κ2) is 11.7. The molecule has 214 valence electrons. The van der Waals surface area contributed by atoms with Gasteiger partial charge in [-0.2, -0.15) is 4.98 Å². The van der Waals surface area contributed by atoms with Crippen molar-refractivity contribution in [1.29, 1.82) is 0 Å². The molecule has 4 heterocycles. The van der Waals surface area contributed by atoms with Gasteiger partial charge in [0.25, 0.3) is 5.91 Å². The van der Waals surface area contributed by atoms with Crippen molar-refractivity contribution < 1.29 is 14.0 Å². The van der Waals surface area contributed by atoms with E-state index in [0.29, 0.717) is 43.7 Å². The summed E-state index contributed by atoms with van der Waals surface area (Å²) in [4.78, 5) is 35.3. The zero-order chi connectivity index (χ0) is 28.3. The fourth-order valence-electron chi connectivity index (χ4n) is 6.01. The monoisotopic (exact) mass is 559 g/mol. The maximum absolute atomic E-state index is 14.4. The number of anilines is 4. The van der Waals surface area contributed by atoms with Crippen LogP contribution >= 0.6 is 0 Å². The van der Waals surface area contributed by atoms with Crippen molar-refractivity contribution in [3.63, 3.8) is 0 Å². The first-order chi connectivity index (χ1) is 20.0. The summed E-state index contributed by atoms with van der Waals surface area (Å²) in [5.41, 5.74) is 7.90. The maximum Gasteiger partial charge on any atom is 0.325 e. The molecule has 0 aliphatic carbocycles. The summed E-state index contributed by atoms with van der Waals surface area (Å²) < 4.78 is 14.4. The van der Waals surface area contributed by atoms with E-state index in [0.717, 1.165) is 44.5 Å². The van der Waals surface area contributed by atoms with Gasteiger partial charge in [0.05, 0.1) is 11.7 Å². The normalized spacial score (nSPS) is 20.0. The van der Waals surface area contributed by atoms with Crippen LogP contribution in [0.5, 0.6) is 0 Å². The number of nitrogens with one attached hydrogen (secondary N) is 2. The van der Waals surface area contributed by atoms with Crippen molar-refractivity contribution in [2.24, 2.45) is 5.73 Å². The number of hydrogen-bond donors (Lipinski definition) is 3. The number of nitrogens with two attached hydrogens (primary N) is 1. The summed E-state index contributed by atoms with van der Waals surface area (Å²) in [5, 5.41) is 14.9. The molecule has 41 heavy (non-hydrogen) atoms. The lowest BCUT2D eigenvalue weighted by molar-refractivity contribution is 0.0995. The second-order valence-corrected chi connectivity index (χ2v) is 10.8. The van der Waals surface area contributed by atoms with Crippen LogP contribution in [-0.2, 0) is 0 Å². The minimum atomic E-state index is -0.724. The van der Waals surface area contributed by atoms with Gasteiger partial charge in [0.2, 0.25) is 5.95 Å². The SMILES string of the molecule is NC(=O)c1nnc(N2CCCC(N3CCN(c4ccccc4F)C3=O)C2)nc1Nc1ccc(C2CCNCC2)cc1. The van der Waals surface area contributed by atoms with E-state index < -0.39 is 11.7 Å². The predicted molar refractivity (Wildman–Crippen MR) is 154 cm³/mol. The Morgan fingerprint density at radius 1 is 1.00 bits per heavy atom. The van der Waals surface area contributed by atoms with Gasteiger partial charge in [0, 0.05) is 31.9 Å². The molecule has 6 rings (SSSR count). The molecule has 11 nitrogen and oxygen atoms in total. The molecule has 3 aliphatic rings. The number of hydrogen-bond acceptors (Lipinski definition) is 8. The van der Waals surface area contributed by atoms with E-state index in [-0.39, 0.29) is 23.6 Å². The molecule has 3 aliphatic heterocycles. The Bertz CT molecular complexity index is 1410. The molecule has 4 N–H and O–H groups in total. The summed E-state index contributed by atoms with van der Waals surface area (Å²) in [7, 11) is 0. The Labute approximate surface area is 237 Å². The van der Waals surface area contributed by atoms with Crippen LogP contribution in [0.4, 0.5) is 32.3 Å². The molecule has 0 spiro atoms. The van der Waals surface area contributed by atoms with E-state index in [2.05, 4.69) is 37.9 Å². The Kier molecular flexibility index (Phi) is 7.64. The number of piperidine rings is 2. The molecular weight excluding hydrogens is 525 g/mol. The van der Waals surface area contributed by atoms with E-state index in [1.807, 2.05) is 17.0 Å². The van der Waals surface area contributed by atoms with E-state index in [9.17, 15) is 14.0 Å². The highest BCUT2D eigenvalue weighted by atomic mass is 19.1. The fraction of sp³-hybridized carbons (Fsp3) is 0.414. The number of primary amides is 1. The van der Waals surface area contributed by atoms with Gasteiger partial charge in [0.1, 0.15) is 5.82 Å². The number of amides is 3. The van der Waals surface area contributed by atoms with Crippen molar-refractivity contribution in [2.45, 2.75) is 37.6 Å². The zero-order valence-corrected chi connectivity index (χ0v) is 22.8. The molecule has 1 unspecified atom stereocenters. The van der Waals surface area contributed by atoms with Gasteiger partial charge in [-0.25, -0.2) is 9.18 Å². The minimum Gasteiger partial charge on any atom is -0.364 e. The summed E-state index contributed by atoms with van der Waals surface area (Å²) in [6.45, 7) is 4.15. The first-order valence-electron chi connectivity index (χ1n) is 14.2. The van der Waals surface area contributed by atoms with Crippen molar-refractivity contribution in [3.05, 3.63) is 65.6 Å². The third kappa shape index (κ3) is 5.64. The molecular formula is C29H34FN9O2. The topological polar surface area (TPSA) is 133 Å². The lowest BCUT2D eigenvalue weighted by atomic mass is 9.90. The van der Waals surface area contributed by atoms with Crippen molar-refractivity contribution in [3.8, 4) is 0 Å². The van der Waals surface area contributed by atoms with Crippen LogP contribution in [-0.4, -0.2) is 77.3 Å². The van der Waals surface area contributed by atoms with Gasteiger partial charge in [0.15, 0.2) is 11.5 Å². The molecule has 0 bridgehead atoms. The summed E-state index contributed by atoms with van der Waals surface area (Å²) in [6, 6.07) is 14.2. The average Bonchev–Trinajstić information content (AvgIpc) is 3.39. The molecule has 3 saturated heterocycles. The first-order valence-corrected chi connectivity index (χ1v) is 14.2. The highest BCUT2D eigenvalue weighted by Crippen LogP contribution is 2.30. The van der Waals surface area contributed by atoms with E-state index >= 15 is 0 Å². The largest absolute Gasteiger partial charge is 0.364 e. The third-order valence-electron chi connectivity index (χ3n) is 8.20. The molecule has 3 aromatic rings. The number of rotatable bonds is 7. The van der Waals surface area contributed by atoms with Crippen LogP contribution in [0.1, 0.15) is 47.7 Å². The number of benzene rings is 2. The highest BCUT2D eigenvalue weighted by molar-refractivity contribution is 5.96. The first kappa shape index (κ1) is 26.9. The van der Waals surface area contributed by atoms with Gasteiger partial charge in [-0.15, -0.1) is 10.2 Å². The molecule has 0 saturated carbocycles. The quantitative estimate of drug-likeness (QED) is 0.402. The molecule has 3 fully saturated rings. The Hall–Kier alpha value is -4.32. The van der Waals surface area contributed by atoms with Crippen LogP contribution < -0.4 is 26.2 Å². The molecule has 0 radical (unpaired) electrons. The van der Waals surface area contributed by atoms with Gasteiger partial charge < -0.3 is 26.2 Å². The van der Waals surface area contributed by atoms with Gasteiger partial charge >= 0.3 is 6.03 Å². The van der Waals surface area contributed by atoms with Crippen LogP contribution in [0.15, 0.2) is 48.5 Å². The number of halogens is 1. The molecule has 2 aromatic carbocycles. The third-order valence-corrected chi connectivity index (χ3v) is 8.20. The summed E-state index contributed by atoms with van der Waals surface area (Å²) in [6.07, 6.45) is 3.85. The van der Waals surface area contributed by atoms with Crippen LogP contribution in [0.25, 0.3) is 0 Å². The summed E-state index contributed by atoms with van der Waals surface area (Å²) in [5.74, 6) is -0.0128. The number of carbonyl (C=O) groups excluding carboxylic acids is 2. The van der Waals surface area contributed by atoms with E-state index in [1.54, 1.807) is 23.1 Å². The Balaban J connectivity index is 1.17. The van der Waals surface area contributed by atoms with Crippen LogP contribution in [0.2, 0.25) is 0 Å². The Morgan fingerprint density at radius 3 is 2.54 bits per heavy atom. The molecule has 3 amide bonds. The zero-order valence-electron chi connectivity index (χ0n) is 22.8. The fourth-order valence-corrected chi connectivity index (χ4v) is 6.01. The number of nitrogens with zero attached hydrogens (tertiary/aromatic N) is 6. The second-order valence-electron chi connectivity index (χ2n) is 10.8. The molecule has 1 aromatic heterocycles. The van der Waals surface area contributed by atoms with Crippen molar-refractivity contribution in [1.82, 2.24) is 25.4 Å². The van der Waals surface area contributed by atoms with E-state index in [1.165, 1.54) is 16.5 Å². The summed E-state index contributed by atoms with van der Waals surface area (Å²) >= 11 is 0. The van der Waals surface area contributed by atoms with Crippen molar-refractivity contribution >= 4 is 35.1 Å². The highest BCUT2D eigenvalue weighted by Gasteiger charge is 2.38. The van der Waals surface area contributed by atoms with E-state index in [4.69, 9.17) is 5.73 Å². The molecule has 12 heteroatoms. The Morgan fingerprint density at radius 2 is 1.78 bits per heavy atom. The maximum atomic E-state index is 14.4. The van der Waals surface area contributed by atoms with Gasteiger partial charge in [-0.05, 0) is 74.5 Å². The van der Waals surface area contributed by atoms with Crippen LogP contribution in [0, 0.1) is 5.82 Å². The number of aromatic nitrogens is 3. The van der Waals surface area contributed by atoms with Crippen molar-refractivity contribution in [2.75, 3.05) is 54.4 Å². The number of urea groups is 1. The van der Waals surface area contributed by atoms with Gasteiger partial charge in [-0.1, -0.05) is 24.3 Å². The number of para-hydroxylation sites is 1. The average molecular weight is 560 g/mol. The van der Waals surface area contributed by atoms with Crippen LogP contribution in [0.3, 0.4) is 0 Å². The van der Waals surface area contributed by atoms with Gasteiger partial charge in [-0.3, -0.25) is 9.69 Å². The lowest BCUT2D eigenvalue weighted by Gasteiger charge is -2.37. The lowest BCUT2D eigenvalue weighted by Crippen LogP contribution is -2.50. The standard InChI is InChI=1S/C29H34FN9O2/c30-23-5-1-2-6-24(23)39-17-16-38(29(39)41)22-4-3-15-37(18-22)28-34-27(25(26(31)40)35-36-28)33-21-9-7-19(8-10-21)20-11-13-32-14-12-20/h1-2,5-10,20,22,32H,3-4,11-18H2,(H2,31,40)(H,33,34,36). The minimum absolute atomic E-state index is 0.0417. The predicted octanol–water partition coefficient (Wildman–Crippen LogP) is 3.23. The molecule has 1 atom stereocenters. The smallest absolute Gasteiger partial charge is 0.325 e. The number of carbonyl (C=O) groups is 2.